The molecule has 1 fully saturated rings. The molecule has 198 valence electrons. The molecule has 1 unspecified atom stereocenters. The average molecular weight is 525 g/mol. The summed E-state index contributed by atoms with van der Waals surface area (Å²) < 4.78 is 39.7. The average Bonchev–Trinajstić information content (AvgIpc) is 2.92. The molecule has 38 heavy (non-hydrogen) atoms. The predicted octanol–water partition coefficient (Wildman–Crippen LogP) is 4.69. The van der Waals surface area contributed by atoms with Crippen molar-refractivity contribution in [2.45, 2.75) is 25.7 Å². The maximum Gasteiger partial charge on any atom is 0.416 e. The number of hydrogen-bond donors (Lipinski definition) is 2. The summed E-state index contributed by atoms with van der Waals surface area (Å²) in [5.74, 6) is -1.23. The second-order valence-corrected chi connectivity index (χ2v) is 9.04. The molecule has 1 aliphatic rings. The van der Waals surface area contributed by atoms with Gasteiger partial charge in [0.05, 0.1) is 12.1 Å². The highest BCUT2D eigenvalue weighted by atomic mass is 19.4. The maximum absolute atomic E-state index is 13.3. The Morgan fingerprint density at radius 1 is 0.921 bits per heavy atom. The number of nitrogens with one attached hydrogen (secondary N) is 2. The number of carbonyl (C=O) groups is 3. The van der Waals surface area contributed by atoms with Gasteiger partial charge in [-0.1, -0.05) is 54.1 Å². The van der Waals surface area contributed by atoms with Gasteiger partial charge in [0.2, 0.25) is 5.91 Å². The Labute approximate surface area is 218 Å². The SMILES string of the molecule is Cc1ccc(NC(=O)N2CCN(C(=O)c3cccc(C(F)(F)F)c3)C(C(=O)NCc3ccccc3)C2)cc1. The molecular formula is C28H27F3N4O3. The lowest BCUT2D eigenvalue weighted by Crippen LogP contribution is -2.62. The quantitative estimate of drug-likeness (QED) is 0.508. The second kappa shape index (κ2) is 11.4. The van der Waals surface area contributed by atoms with Crippen LogP contribution in [0.4, 0.5) is 23.7 Å². The summed E-state index contributed by atoms with van der Waals surface area (Å²) in [6.07, 6.45) is -4.62. The van der Waals surface area contributed by atoms with Crippen molar-refractivity contribution in [2.24, 2.45) is 0 Å². The zero-order valence-electron chi connectivity index (χ0n) is 20.7. The second-order valence-electron chi connectivity index (χ2n) is 9.04. The van der Waals surface area contributed by atoms with E-state index in [1.807, 2.05) is 49.4 Å². The molecule has 10 heteroatoms. The topological polar surface area (TPSA) is 81.8 Å². The first-order valence-corrected chi connectivity index (χ1v) is 12.0. The normalized spacial score (nSPS) is 15.6. The number of piperazine rings is 1. The van der Waals surface area contributed by atoms with Gasteiger partial charge in [0.15, 0.2) is 0 Å². The van der Waals surface area contributed by atoms with Crippen molar-refractivity contribution < 1.29 is 27.6 Å². The van der Waals surface area contributed by atoms with E-state index in [2.05, 4.69) is 10.6 Å². The molecule has 0 radical (unpaired) electrons. The first-order valence-electron chi connectivity index (χ1n) is 12.0. The van der Waals surface area contributed by atoms with Crippen molar-refractivity contribution in [2.75, 3.05) is 25.0 Å². The van der Waals surface area contributed by atoms with Crippen LogP contribution in [-0.2, 0) is 17.5 Å². The van der Waals surface area contributed by atoms with Crippen molar-refractivity contribution in [3.8, 4) is 0 Å². The molecule has 2 N–H and O–H groups in total. The van der Waals surface area contributed by atoms with Gasteiger partial charge in [-0.25, -0.2) is 4.79 Å². The van der Waals surface area contributed by atoms with E-state index in [0.29, 0.717) is 5.69 Å². The number of hydrogen-bond acceptors (Lipinski definition) is 3. The van der Waals surface area contributed by atoms with E-state index in [9.17, 15) is 27.6 Å². The molecule has 0 spiro atoms. The number of alkyl halides is 3. The molecule has 4 amide bonds. The molecule has 7 nitrogen and oxygen atoms in total. The number of anilines is 1. The zero-order valence-corrected chi connectivity index (χ0v) is 20.7. The van der Waals surface area contributed by atoms with Crippen molar-refractivity contribution in [1.29, 1.82) is 0 Å². The summed E-state index contributed by atoms with van der Waals surface area (Å²) in [5.41, 5.74) is 1.30. The number of amides is 4. The Bertz CT molecular complexity index is 1300. The number of aryl methyl sites for hydroxylation is 1. The standard InChI is InChI=1S/C28H27F3N4O3/c1-19-10-12-23(13-11-19)33-27(38)34-14-15-35(26(37)21-8-5-9-22(16-21)28(29,30)31)24(18-34)25(36)32-17-20-6-3-2-4-7-20/h2-13,16,24H,14-15,17-18H2,1H3,(H,32,36)(H,33,38). The molecule has 3 aromatic carbocycles. The number of carbonyl (C=O) groups excluding carboxylic acids is 3. The van der Waals surface area contributed by atoms with Crippen LogP contribution in [0.3, 0.4) is 0 Å². The van der Waals surface area contributed by atoms with E-state index >= 15 is 0 Å². The van der Waals surface area contributed by atoms with Crippen molar-refractivity contribution >= 4 is 23.5 Å². The Morgan fingerprint density at radius 2 is 1.63 bits per heavy atom. The van der Waals surface area contributed by atoms with Crippen LogP contribution in [0.1, 0.15) is 27.0 Å². The maximum atomic E-state index is 13.3. The van der Waals surface area contributed by atoms with Crippen LogP contribution in [0.5, 0.6) is 0 Å². The van der Waals surface area contributed by atoms with Crippen molar-refractivity contribution in [3.63, 3.8) is 0 Å². The van der Waals surface area contributed by atoms with Crippen LogP contribution in [0.15, 0.2) is 78.9 Å². The van der Waals surface area contributed by atoms with Crippen LogP contribution in [-0.4, -0.2) is 53.3 Å². The number of halogens is 3. The van der Waals surface area contributed by atoms with Gasteiger partial charge >= 0.3 is 12.2 Å². The molecule has 1 aliphatic heterocycles. The fourth-order valence-corrected chi connectivity index (χ4v) is 4.17. The molecular weight excluding hydrogens is 497 g/mol. The molecule has 3 aromatic rings. The lowest BCUT2D eigenvalue weighted by molar-refractivity contribution is -0.137. The van der Waals surface area contributed by atoms with Crippen molar-refractivity contribution in [3.05, 3.63) is 101 Å². The summed E-state index contributed by atoms with van der Waals surface area (Å²) in [4.78, 5) is 42.2. The molecule has 0 aliphatic carbocycles. The molecule has 1 heterocycles. The van der Waals surface area contributed by atoms with E-state index in [-0.39, 0.29) is 31.7 Å². The van der Waals surface area contributed by atoms with Gasteiger partial charge in [-0.05, 0) is 42.8 Å². The molecule has 0 saturated carbocycles. The first kappa shape index (κ1) is 26.7. The largest absolute Gasteiger partial charge is 0.416 e. The van der Waals surface area contributed by atoms with E-state index in [1.165, 1.54) is 15.9 Å². The Morgan fingerprint density at radius 3 is 2.32 bits per heavy atom. The van der Waals surface area contributed by atoms with Gasteiger partial charge in [0.1, 0.15) is 6.04 Å². The highest BCUT2D eigenvalue weighted by Crippen LogP contribution is 2.30. The summed E-state index contributed by atoms with van der Waals surface area (Å²) in [6, 6.07) is 18.9. The van der Waals surface area contributed by atoms with Crippen LogP contribution in [0.25, 0.3) is 0 Å². The van der Waals surface area contributed by atoms with Gasteiger partial charge in [-0.3, -0.25) is 9.59 Å². The van der Waals surface area contributed by atoms with E-state index in [1.54, 1.807) is 12.1 Å². The Kier molecular flexibility index (Phi) is 7.99. The molecule has 1 atom stereocenters. The molecule has 1 saturated heterocycles. The van der Waals surface area contributed by atoms with Crippen molar-refractivity contribution in [1.82, 2.24) is 15.1 Å². The molecule has 0 bridgehead atoms. The number of urea groups is 1. The summed E-state index contributed by atoms with van der Waals surface area (Å²) >= 11 is 0. The zero-order chi connectivity index (χ0) is 27.3. The minimum absolute atomic E-state index is 0.0280. The van der Waals surface area contributed by atoms with Crippen LogP contribution < -0.4 is 10.6 Å². The number of nitrogens with zero attached hydrogens (tertiary/aromatic N) is 2. The molecule has 0 aromatic heterocycles. The first-order chi connectivity index (χ1) is 18.1. The Hall–Kier alpha value is -4.34. The monoisotopic (exact) mass is 524 g/mol. The minimum Gasteiger partial charge on any atom is -0.350 e. The number of benzene rings is 3. The lowest BCUT2D eigenvalue weighted by atomic mass is 10.1. The highest BCUT2D eigenvalue weighted by molar-refractivity contribution is 5.98. The fraction of sp³-hybridized carbons (Fsp3) is 0.250. The summed E-state index contributed by atoms with van der Waals surface area (Å²) in [7, 11) is 0. The van der Waals surface area contributed by atoms with Gasteiger partial charge in [0.25, 0.3) is 5.91 Å². The third-order valence-electron chi connectivity index (χ3n) is 6.28. The van der Waals surface area contributed by atoms with Crippen LogP contribution in [0, 0.1) is 6.92 Å². The van der Waals surface area contributed by atoms with Gasteiger partial charge < -0.3 is 20.4 Å². The van der Waals surface area contributed by atoms with E-state index in [0.717, 1.165) is 29.3 Å². The van der Waals surface area contributed by atoms with Crippen LogP contribution in [0.2, 0.25) is 0 Å². The smallest absolute Gasteiger partial charge is 0.350 e. The summed E-state index contributed by atoms with van der Waals surface area (Å²) in [6.45, 7) is 2.07. The third-order valence-corrected chi connectivity index (χ3v) is 6.28. The van der Waals surface area contributed by atoms with E-state index < -0.39 is 35.6 Å². The summed E-state index contributed by atoms with van der Waals surface area (Å²) in [5, 5.41) is 5.57. The minimum atomic E-state index is -4.62. The fourth-order valence-electron chi connectivity index (χ4n) is 4.17. The van der Waals surface area contributed by atoms with Gasteiger partial charge in [-0.15, -0.1) is 0 Å². The van der Waals surface area contributed by atoms with Gasteiger partial charge in [0, 0.05) is 30.9 Å². The lowest BCUT2D eigenvalue weighted by Gasteiger charge is -2.40. The molecule has 4 rings (SSSR count). The third kappa shape index (κ3) is 6.50. The van der Waals surface area contributed by atoms with Gasteiger partial charge in [-0.2, -0.15) is 13.2 Å². The number of rotatable bonds is 5. The highest BCUT2D eigenvalue weighted by Gasteiger charge is 2.38. The van der Waals surface area contributed by atoms with E-state index in [4.69, 9.17) is 0 Å². The van der Waals surface area contributed by atoms with Crippen LogP contribution >= 0.6 is 0 Å². The Balaban J connectivity index is 1.54. The predicted molar refractivity (Wildman–Crippen MR) is 136 cm³/mol.